The van der Waals surface area contributed by atoms with Crippen molar-refractivity contribution in [1.29, 1.82) is 0 Å². The summed E-state index contributed by atoms with van der Waals surface area (Å²) in [7, 11) is 0. The third-order valence-electron chi connectivity index (χ3n) is 5.04. The minimum Gasteiger partial charge on any atom is -0.507 e. The first-order valence-electron chi connectivity index (χ1n) is 9.01. The Kier molecular flexibility index (Phi) is 3.51. The van der Waals surface area contributed by atoms with Gasteiger partial charge in [-0.1, -0.05) is 54.1 Å². The van der Waals surface area contributed by atoms with Gasteiger partial charge in [0.15, 0.2) is 0 Å². The van der Waals surface area contributed by atoms with Crippen molar-refractivity contribution in [3.05, 3.63) is 90.5 Å². The van der Waals surface area contributed by atoms with Crippen LogP contribution in [0.15, 0.2) is 89.3 Å². The molecule has 1 heterocycles. The lowest BCUT2D eigenvalue weighted by molar-refractivity contribution is 0.477. The smallest absolute Gasteiger partial charge is 0.135 e. The zero-order valence-corrected chi connectivity index (χ0v) is 14.9. The number of phenols is 1. The highest BCUT2D eigenvalue weighted by atomic mass is 16.3. The molecule has 0 aliphatic heterocycles. The fourth-order valence-electron chi connectivity index (χ4n) is 3.65. The molecule has 0 unspecified atom stereocenters. The van der Waals surface area contributed by atoms with E-state index in [2.05, 4.69) is 43.3 Å². The van der Waals surface area contributed by atoms with Gasteiger partial charge in [0.2, 0.25) is 0 Å². The van der Waals surface area contributed by atoms with E-state index in [1.54, 1.807) is 6.07 Å². The van der Waals surface area contributed by atoms with Crippen molar-refractivity contribution in [2.24, 2.45) is 0 Å². The molecule has 0 atom stereocenters. The lowest BCUT2D eigenvalue weighted by atomic mass is 9.97. The van der Waals surface area contributed by atoms with Crippen LogP contribution in [0.5, 0.6) is 5.75 Å². The molecule has 0 aliphatic carbocycles. The number of benzene rings is 4. The van der Waals surface area contributed by atoms with Crippen LogP contribution in [0.3, 0.4) is 0 Å². The van der Waals surface area contributed by atoms with Gasteiger partial charge in [0.05, 0.1) is 0 Å². The summed E-state index contributed by atoms with van der Waals surface area (Å²) in [6, 6.07) is 28.3. The maximum atomic E-state index is 10.2. The average molecular weight is 350 g/mol. The fraction of sp³-hybridized carbons (Fsp3) is 0.0400. The minimum absolute atomic E-state index is 0.293. The van der Waals surface area contributed by atoms with E-state index in [0.29, 0.717) is 5.75 Å². The Labute approximate surface area is 157 Å². The van der Waals surface area contributed by atoms with E-state index in [1.165, 1.54) is 5.56 Å². The van der Waals surface area contributed by atoms with Crippen molar-refractivity contribution in [3.8, 4) is 28.0 Å². The monoisotopic (exact) mass is 350 g/mol. The molecule has 2 heteroatoms. The van der Waals surface area contributed by atoms with Gasteiger partial charge in [0, 0.05) is 16.3 Å². The second-order valence-electron chi connectivity index (χ2n) is 6.91. The predicted molar refractivity (Wildman–Crippen MR) is 111 cm³/mol. The number of aromatic hydroxyl groups is 1. The Balaban J connectivity index is 1.67. The van der Waals surface area contributed by atoms with E-state index in [4.69, 9.17) is 4.42 Å². The Morgan fingerprint density at radius 1 is 0.630 bits per heavy atom. The van der Waals surface area contributed by atoms with E-state index in [9.17, 15) is 5.11 Å². The summed E-state index contributed by atoms with van der Waals surface area (Å²) in [5.74, 6) is 0.293. The summed E-state index contributed by atoms with van der Waals surface area (Å²) in [5, 5.41) is 12.4. The number of aryl methyl sites for hydroxylation is 1. The molecule has 0 bridgehead atoms. The Morgan fingerprint density at radius 3 is 2.19 bits per heavy atom. The third-order valence-corrected chi connectivity index (χ3v) is 5.04. The lowest BCUT2D eigenvalue weighted by Crippen LogP contribution is -1.82. The van der Waals surface area contributed by atoms with Crippen LogP contribution < -0.4 is 0 Å². The Morgan fingerprint density at radius 2 is 1.33 bits per heavy atom. The summed E-state index contributed by atoms with van der Waals surface area (Å²) in [5.41, 5.74) is 7.11. The summed E-state index contributed by atoms with van der Waals surface area (Å²) in [6.07, 6.45) is 0. The van der Waals surface area contributed by atoms with Crippen molar-refractivity contribution in [2.75, 3.05) is 0 Å². The maximum absolute atomic E-state index is 10.2. The van der Waals surface area contributed by atoms with E-state index in [0.717, 1.165) is 44.2 Å². The number of hydrogen-bond acceptors (Lipinski definition) is 2. The van der Waals surface area contributed by atoms with Crippen molar-refractivity contribution in [2.45, 2.75) is 6.92 Å². The van der Waals surface area contributed by atoms with E-state index in [-0.39, 0.29) is 0 Å². The van der Waals surface area contributed by atoms with Crippen LogP contribution >= 0.6 is 0 Å². The molecular weight excluding hydrogens is 332 g/mol. The van der Waals surface area contributed by atoms with Gasteiger partial charge >= 0.3 is 0 Å². The summed E-state index contributed by atoms with van der Waals surface area (Å²) >= 11 is 0. The first-order chi connectivity index (χ1) is 13.2. The van der Waals surface area contributed by atoms with Gasteiger partial charge < -0.3 is 9.52 Å². The summed E-state index contributed by atoms with van der Waals surface area (Å²) in [6.45, 7) is 2.10. The van der Waals surface area contributed by atoms with Crippen LogP contribution in [0.2, 0.25) is 0 Å². The van der Waals surface area contributed by atoms with Crippen molar-refractivity contribution < 1.29 is 9.52 Å². The van der Waals surface area contributed by atoms with Gasteiger partial charge in [-0.05, 0) is 60.0 Å². The highest BCUT2D eigenvalue weighted by Gasteiger charge is 2.10. The molecular formula is C25H18O2. The first-order valence-corrected chi connectivity index (χ1v) is 9.01. The maximum Gasteiger partial charge on any atom is 0.135 e. The van der Waals surface area contributed by atoms with Crippen LogP contribution in [0, 0.1) is 6.92 Å². The van der Waals surface area contributed by atoms with Gasteiger partial charge in [0.1, 0.15) is 16.9 Å². The fourth-order valence-corrected chi connectivity index (χ4v) is 3.65. The molecule has 2 nitrogen and oxygen atoms in total. The molecule has 0 saturated carbocycles. The number of rotatable bonds is 2. The van der Waals surface area contributed by atoms with Crippen LogP contribution in [0.1, 0.15) is 5.56 Å². The predicted octanol–water partition coefficient (Wildman–Crippen LogP) is 6.93. The molecule has 4 aromatic carbocycles. The molecule has 5 rings (SSSR count). The highest BCUT2D eigenvalue weighted by molar-refractivity contribution is 6.06. The number of phenolic OH excluding ortho intramolecular Hbond substituents is 1. The van der Waals surface area contributed by atoms with Crippen molar-refractivity contribution in [3.63, 3.8) is 0 Å². The van der Waals surface area contributed by atoms with Gasteiger partial charge in [-0.15, -0.1) is 0 Å². The second-order valence-corrected chi connectivity index (χ2v) is 6.91. The van der Waals surface area contributed by atoms with E-state index in [1.807, 2.05) is 42.5 Å². The van der Waals surface area contributed by atoms with Crippen molar-refractivity contribution >= 4 is 21.9 Å². The molecule has 1 N–H and O–H groups in total. The lowest BCUT2D eigenvalue weighted by Gasteiger charge is -2.08. The molecule has 27 heavy (non-hydrogen) atoms. The van der Waals surface area contributed by atoms with Crippen LogP contribution in [0.4, 0.5) is 0 Å². The van der Waals surface area contributed by atoms with E-state index >= 15 is 0 Å². The van der Waals surface area contributed by atoms with Gasteiger partial charge in [-0.3, -0.25) is 0 Å². The van der Waals surface area contributed by atoms with Gasteiger partial charge in [0.25, 0.3) is 0 Å². The number of furan rings is 1. The Bertz CT molecular complexity index is 1290. The Hall–Kier alpha value is -3.52. The number of para-hydroxylation sites is 1. The second kappa shape index (κ2) is 6.03. The van der Waals surface area contributed by atoms with Gasteiger partial charge in [-0.25, -0.2) is 0 Å². The summed E-state index contributed by atoms with van der Waals surface area (Å²) < 4.78 is 5.97. The van der Waals surface area contributed by atoms with Crippen LogP contribution in [-0.4, -0.2) is 5.11 Å². The topological polar surface area (TPSA) is 33.4 Å². The zero-order chi connectivity index (χ0) is 18.4. The highest BCUT2D eigenvalue weighted by Crippen LogP contribution is 2.35. The SMILES string of the molecule is Cc1ccc2oc3ccc(-c4cccc(-c5ccccc5O)c4)cc3c2c1. The molecule has 130 valence electrons. The van der Waals surface area contributed by atoms with Crippen LogP contribution in [0.25, 0.3) is 44.2 Å². The number of hydrogen-bond donors (Lipinski definition) is 1. The molecule has 0 fully saturated rings. The molecule has 0 aliphatic rings. The molecule has 1 aromatic heterocycles. The molecule has 5 aromatic rings. The largest absolute Gasteiger partial charge is 0.507 e. The normalized spacial score (nSPS) is 11.3. The standard InChI is InChI=1S/C25H18O2/c1-16-9-11-24-21(13-16)22-15-18(10-12-25(22)27-24)17-5-4-6-19(14-17)20-7-2-3-8-23(20)26/h2-15,26H,1H3. The van der Waals surface area contributed by atoms with Gasteiger partial charge in [-0.2, -0.15) is 0 Å². The van der Waals surface area contributed by atoms with Crippen molar-refractivity contribution in [1.82, 2.24) is 0 Å². The minimum atomic E-state index is 0.293. The third kappa shape index (κ3) is 2.67. The molecule has 0 amide bonds. The van der Waals surface area contributed by atoms with Crippen LogP contribution in [-0.2, 0) is 0 Å². The zero-order valence-electron chi connectivity index (χ0n) is 14.9. The molecule has 0 spiro atoms. The van der Waals surface area contributed by atoms with E-state index < -0.39 is 0 Å². The average Bonchev–Trinajstić information content (AvgIpc) is 3.05. The summed E-state index contributed by atoms with van der Waals surface area (Å²) in [4.78, 5) is 0. The molecule has 0 radical (unpaired) electrons. The first kappa shape index (κ1) is 15.7. The molecule has 0 saturated heterocycles. The number of fused-ring (bicyclic) bond motifs is 3. The quantitative estimate of drug-likeness (QED) is 0.374.